The maximum atomic E-state index is 11.3. The van der Waals surface area contributed by atoms with Gasteiger partial charge in [-0.25, -0.2) is 4.79 Å². The van der Waals surface area contributed by atoms with Crippen LogP contribution < -0.4 is 5.32 Å². The third-order valence-corrected chi connectivity index (χ3v) is 4.25. The van der Waals surface area contributed by atoms with Crippen molar-refractivity contribution < 1.29 is 9.53 Å². The van der Waals surface area contributed by atoms with Crippen LogP contribution in [-0.4, -0.2) is 17.7 Å². The van der Waals surface area contributed by atoms with Crippen LogP contribution in [0.2, 0.25) is 0 Å². The highest BCUT2D eigenvalue weighted by Gasteiger charge is 2.26. The SMILES string of the molecule is CCc1c(COC(=O)NC)c(C)c2n1-c1ccccc1C2. The summed E-state index contributed by atoms with van der Waals surface area (Å²) in [6, 6.07) is 8.50. The van der Waals surface area contributed by atoms with Crippen molar-refractivity contribution in [2.75, 3.05) is 7.05 Å². The molecule has 0 aliphatic carbocycles. The lowest BCUT2D eigenvalue weighted by molar-refractivity contribution is 0.141. The standard InChI is InChI=1S/C17H20N2O2/c1-4-14-13(10-21-17(20)18-3)11(2)16-9-12-7-5-6-8-15(12)19(14)16/h5-8H,4,9-10H2,1-3H3,(H,18,20). The van der Waals surface area contributed by atoms with Crippen LogP contribution in [0.4, 0.5) is 4.79 Å². The number of alkyl carbamates (subject to hydrolysis) is 1. The van der Waals surface area contributed by atoms with Gasteiger partial charge in [0.05, 0.1) is 0 Å². The largest absolute Gasteiger partial charge is 0.445 e. The van der Waals surface area contributed by atoms with Gasteiger partial charge in [-0.05, 0) is 30.5 Å². The third-order valence-electron chi connectivity index (χ3n) is 4.25. The molecule has 0 spiro atoms. The predicted molar refractivity (Wildman–Crippen MR) is 81.9 cm³/mol. The van der Waals surface area contributed by atoms with Gasteiger partial charge in [0.2, 0.25) is 0 Å². The number of carbonyl (C=O) groups excluding carboxylic acids is 1. The summed E-state index contributed by atoms with van der Waals surface area (Å²) < 4.78 is 7.60. The summed E-state index contributed by atoms with van der Waals surface area (Å²) in [6.07, 6.45) is 1.49. The van der Waals surface area contributed by atoms with Gasteiger partial charge in [0, 0.05) is 36.1 Å². The Balaban J connectivity index is 2.04. The number of carbonyl (C=O) groups is 1. The summed E-state index contributed by atoms with van der Waals surface area (Å²) in [6.45, 7) is 4.60. The molecule has 1 aromatic heterocycles. The zero-order chi connectivity index (χ0) is 15.0. The van der Waals surface area contributed by atoms with E-state index < -0.39 is 0 Å². The Morgan fingerprint density at radius 1 is 1.38 bits per heavy atom. The van der Waals surface area contributed by atoms with E-state index in [1.54, 1.807) is 7.05 Å². The first-order valence-electron chi connectivity index (χ1n) is 7.32. The second-order valence-electron chi connectivity index (χ2n) is 5.32. The lowest BCUT2D eigenvalue weighted by atomic mass is 10.0. The molecular weight excluding hydrogens is 264 g/mol. The fraction of sp³-hybridized carbons (Fsp3) is 0.353. The van der Waals surface area contributed by atoms with Crippen LogP contribution in [0.1, 0.15) is 35.0 Å². The van der Waals surface area contributed by atoms with Crippen LogP contribution in [0.3, 0.4) is 0 Å². The second-order valence-corrected chi connectivity index (χ2v) is 5.32. The van der Waals surface area contributed by atoms with Crippen molar-refractivity contribution in [3.63, 3.8) is 0 Å². The molecule has 2 aromatic rings. The molecule has 3 rings (SSSR count). The molecule has 1 aromatic carbocycles. The van der Waals surface area contributed by atoms with Gasteiger partial charge in [0.1, 0.15) is 6.61 Å². The van der Waals surface area contributed by atoms with E-state index in [9.17, 15) is 4.79 Å². The zero-order valence-corrected chi connectivity index (χ0v) is 12.7. The molecule has 0 atom stereocenters. The number of nitrogens with zero attached hydrogens (tertiary/aromatic N) is 1. The van der Waals surface area contributed by atoms with Crippen LogP contribution in [0, 0.1) is 6.92 Å². The molecule has 1 N–H and O–H groups in total. The first-order valence-corrected chi connectivity index (χ1v) is 7.32. The molecule has 0 fully saturated rings. The molecule has 4 nitrogen and oxygen atoms in total. The average molecular weight is 284 g/mol. The Labute approximate surface area is 124 Å². The van der Waals surface area contributed by atoms with Crippen LogP contribution in [-0.2, 0) is 24.2 Å². The maximum Gasteiger partial charge on any atom is 0.407 e. The van der Waals surface area contributed by atoms with E-state index in [1.807, 2.05) is 0 Å². The van der Waals surface area contributed by atoms with E-state index in [1.165, 1.54) is 28.2 Å². The summed E-state index contributed by atoms with van der Waals surface area (Å²) >= 11 is 0. The van der Waals surface area contributed by atoms with Gasteiger partial charge in [0.25, 0.3) is 0 Å². The highest BCUT2D eigenvalue weighted by Crippen LogP contribution is 2.36. The molecule has 21 heavy (non-hydrogen) atoms. The topological polar surface area (TPSA) is 43.3 Å². The number of benzene rings is 1. The Hall–Kier alpha value is -2.23. The lowest BCUT2D eigenvalue weighted by Crippen LogP contribution is -2.19. The first-order chi connectivity index (χ1) is 10.2. The fourth-order valence-electron chi connectivity index (χ4n) is 3.19. The van der Waals surface area contributed by atoms with Gasteiger partial charge >= 0.3 is 6.09 Å². The molecule has 0 radical (unpaired) electrons. The van der Waals surface area contributed by atoms with E-state index in [4.69, 9.17) is 4.74 Å². The third kappa shape index (κ3) is 2.11. The molecule has 0 unspecified atom stereocenters. The monoisotopic (exact) mass is 284 g/mol. The Morgan fingerprint density at radius 3 is 2.86 bits per heavy atom. The van der Waals surface area contributed by atoms with Crippen molar-refractivity contribution in [2.45, 2.75) is 33.3 Å². The van der Waals surface area contributed by atoms with Crippen LogP contribution in [0.15, 0.2) is 24.3 Å². The summed E-state index contributed by atoms with van der Waals surface area (Å²) in [5, 5.41) is 2.49. The molecule has 1 amide bonds. The van der Waals surface area contributed by atoms with Gasteiger partial charge in [0.15, 0.2) is 0 Å². The number of nitrogens with one attached hydrogen (secondary N) is 1. The Kier molecular flexibility index (Phi) is 3.45. The zero-order valence-electron chi connectivity index (χ0n) is 12.7. The van der Waals surface area contributed by atoms with E-state index >= 15 is 0 Å². The number of amides is 1. The average Bonchev–Trinajstić information content (AvgIpc) is 3.00. The molecule has 1 aliphatic heterocycles. The normalized spacial score (nSPS) is 12.0. The van der Waals surface area contributed by atoms with Crippen molar-refractivity contribution in [1.29, 1.82) is 0 Å². The van der Waals surface area contributed by atoms with E-state index in [-0.39, 0.29) is 6.09 Å². The fourth-order valence-corrected chi connectivity index (χ4v) is 3.19. The van der Waals surface area contributed by atoms with Crippen molar-refractivity contribution in [2.24, 2.45) is 0 Å². The summed E-state index contributed by atoms with van der Waals surface area (Å²) in [5.41, 5.74) is 7.58. The molecule has 0 saturated carbocycles. The minimum Gasteiger partial charge on any atom is -0.445 e. The van der Waals surface area contributed by atoms with Crippen LogP contribution in [0.25, 0.3) is 5.69 Å². The Morgan fingerprint density at radius 2 is 2.14 bits per heavy atom. The van der Waals surface area contributed by atoms with Gasteiger partial charge in [-0.1, -0.05) is 25.1 Å². The molecule has 2 heterocycles. The highest BCUT2D eigenvalue weighted by atomic mass is 16.5. The summed E-state index contributed by atoms with van der Waals surface area (Å²) in [4.78, 5) is 11.3. The quantitative estimate of drug-likeness (QED) is 0.803. The lowest BCUT2D eigenvalue weighted by Gasteiger charge is -2.10. The number of para-hydroxylation sites is 1. The minimum absolute atomic E-state index is 0.330. The minimum atomic E-state index is -0.386. The summed E-state index contributed by atoms with van der Waals surface area (Å²) in [5.74, 6) is 0. The van der Waals surface area contributed by atoms with E-state index in [0.717, 1.165) is 18.4 Å². The van der Waals surface area contributed by atoms with Crippen molar-refractivity contribution in [3.8, 4) is 5.69 Å². The molecule has 110 valence electrons. The molecule has 1 aliphatic rings. The maximum absolute atomic E-state index is 11.3. The van der Waals surface area contributed by atoms with Crippen molar-refractivity contribution in [1.82, 2.24) is 9.88 Å². The number of hydrogen-bond donors (Lipinski definition) is 1. The smallest absolute Gasteiger partial charge is 0.407 e. The Bertz CT molecular complexity index is 701. The molecule has 0 bridgehead atoms. The van der Waals surface area contributed by atoms with Crippen molar-refractivity contribution in [3.05, 3.63) is 52.3 Å². The number of rotatable bonds is 3. The number of hydrogen-bond acceptors (Lipinski definition) is 2. The van der Waals surface area contributed by atoms with Gasteiger partial charge < -0.3 is 14.6 Å². The molecule has 0 saturated heterocycles. The summed E-state index contributed by atoms with van der Waals surface area (Å²) in [7, 11) is 1.58. The van der Waals surface area contributed by atoms with Gasteiger partial charge in [-0.15, -0.1) is 0 Å². The predicted octanol–water partition coefficient (Wildman–Crippen LogP) is 3.11. The van der Waals surface area contributed by atoms with Gasteiger partial charge in [-0.2, -0.15) is 0 Å². The number of aromatic nitrogens is 1. The van der Waals surface area contributed by atoms with E-state index in [0.29, 0.717) is 6.61 Å². The van der Waals surface area contributed by atoms with E-state index in [2.05, 4.69) is 48.0 Å². The highest BCUT2D eigenvalue weighted by molar-refractivity contribution is 5.67. The number of ether oxygens (including phenoxy) is 1. The molecular formula is C17H20N2O2. The van der Waals surface area contributed by atoms with Crippen molar-refractivity contribution >= 4 is 6.09 Å². The second kappa shape index (κ2) is 5.28. The van der Waals surface area contributed by atoms with Crippen LogP contribution >= 0.6 is 0 Å². The van der Waals surface area contributed by atoms with Crippen LogP contribution in [0.5, 0.6) is 0 Å². The first kappa shape index (κ1) is 13.7. The molecule has 4 heteroatoms. The van der Waals surface area contributed by atoms with Gasteiger partial charge in [-0.3, -0.25) is 0 Å². The number of fused-ring (bicyclic) bond motifs is 3.